The summed E-state index contributed by atoms with van der Waals surface area (Å²) >= 11 is 0. The molecule has 27 heavy (non-hydrogen) atoms. The number of benzene rings is 2. The van der Waals surface area contributed by atoms with E-state index < -0.39 is 15.8 Å². The van der Waals surface area contributed by atoms with E-state index in [1.54, 1.807) is 30.3 Å². The zero-order chi connectivity index (χ0) is 19.4. The number of rotatable bonds is 6. The van der Waals surface area contributed by atoms with Gasteiger partial charge in [0.05, 0.1) is 25.0 Å². The van der Waals surface area contributed by atoms with Gasteiger partial charge in [-0.05, 0) is 36.8 Å². The lowest BCUT2D eigenvalue weighted by Crippen LogP contribution is -2.08. The summed E-state index contributed by atoms with van der Waals surface area (Å²) in [6.07, 6.45) is 1.61. The Kier molecular flexibility index (Phi) is 5.55. The van der Waals surface area contributed by atoms with E-state index in [0.717, 1.165) is 5.56 Å². The fourth-order valence-electron chi connectivity index (χ4n) is 2.71. The molecule has 0 atom stereocenters. The molecule has 0 N–H and O–H groups in total. The highest BCUT2D eigenvalue weighted by Gasteiger charge is 2.19. The van der Waals surface area contributed by atoms with Gasteiger partial charge in [0.15, 0.2) is 0 Å². The standard InChI is InChI=1S/C19H20O7S/c1-23-19(20)13-4-7-17-16(10-13)15-6-5-14(11-18(15)26-12-25-17)24-8-3-9-27(2,21)22/h4-7,10-11H,3,8-9,12H2,1-2H3. The molecule has 0 amide bonds. The number of carbonyl (C=O) groups excluding carboxylic acids is 1. The molecule has 3 rings (SSSR count). The monoisotopic (exact) mass is 392 g/mol. The zero-order valence-corrected chi connectivity index (χ0v) is 15.9. The Morgan fingerprint density at radius 3 is 2.59 bits per heavy atom. The molecule has 1 heterocycles. The molecule has 2 aromatic rings. The lowest BCUT2D eigenvalue weighted by Gasteiger charge is -2.11. The van der Waals surface area contributed by atoms with Crippen molar-refractivity contribution < 1.29 is 32.2 Å². The molecule has 0 bridgehead atoms. The van der Waals surface area contributed by atoms with Gasteiger partial charge in [-0.3, -0.25) is 0 Å². The van der Waals surface area contributed by atoms with Crippen molar-refractivity contribution in [1.82, 2.24) is 0 Å². The van der Waals surface area contributed by atoms with Crippen LogP contribution >= 0.6 is 0 Å². The molecule has 144 valence electrons. The van der Waals surface area contributed by atoms with Gasteiger partial charge in [0.1, 0.15) is 27.1 Å². The third-order valence-electron chi connectivity index (χ3n) is 4.00. The first-order valence-electron chi connectivity index (χ1n) is 8.30. The predicted molar refractivity (Wildman–Crippen MR) is 99.2 cm³/mol. The summed E-state index contributed by atoms with van der Waals surface area (Å²) in [5.41, 5.74) is 1.89. The molecule has 1 aliphatic rings. The van der Waals surface area contributed by atoms with Crippen LogP contribution in [-0.2, 0) is 14.6 Å². The van der Waals surface area contributed by atoms with E-state index in [1.165, 1.54) is 13.4 Å². The van der Waals surface area contributed by atoms with Crippen molar-refractivity contribution in [1.29, 1.82) is 0 Å². The number of hydrogen-bond donors (Lipinski definition) is 0. The van der Waals surface area contributed by atoms with Crippen LogP contribution in [0, 0.1) is 0 Å². The van der Waals surface area contributed by atoms with Crippen LogP contribution in [0.1, 0.15) is 16.8 Å². The van der Waals surface area contributed by atoms with E-state index >= 15 is 0 Å². The van der Waals surface area contributed by atoms with Crippen LogP contribution in [0.4, 0.5) is 0 Å². The fourth-order valence-corrected chi connectivity index (χ4v) is 3.36. The minimum atomic E-state index is -3.00. The summed E-state index contributed by atoms with van der Waals surface area (Å²) in [4.78, 5) is 11.8. The van der Waals surface area contributed by atoms with Crippen LogP contribution in [0.2, 0.25) is 0 Å². The van der Waals surface area contributed by atoms with Crippen molar-refractivity contribution in [3.63, 3.8) is 0 Å². The number of hydrogen-bond acceptors (Lipinski definition) is 7. The molecule has 0 unspecified atom stereocenters. The summed E-state index contributed by atoms with van der Waals surface area (Å²) < 4.78 is 44.0. The van der Waals surface area contributed by atoms with E-state index in [9.17, 15) is 13.2 Å². The summed E-state index contributed by atoms with van der Waals surface area (Å²) in [5.74, 6) is 1.36. The summed E-state index contributed by atoms with van der Waals surface area (Å²) in [7, 11) is -1.68. The molecule has 0 spiro atoms. The van der Waals surface area contributed by atoms with Gasteiger partial charge < -0.3 is 18.9 Å². The third kappa shape index (κ3) is 4.71. The van der Waals surface area contributed by atoms with Gasteiger partial charge in [-0.25, -0.2) is 13.2 Å². The highest BCUT2D eigenvalue weighted by Crippen LogP contribution is 2.41. The number of fused-ring (bicyclic) bond motifs is 3. The van der Waals surface area contributed by atoms with Gasteiger partial charge in [0, 0.05) is 23.4 Å². The third-order valence-corrected chi connectivity index (χ3v) is 5.03. The van der Waals surface area contributed by atoms with Gasteiger partial charge in [0.2, 0.25) is 6.79 Å². The highest BCUT2D eigenvalue weighted by atomic mass is 32.2. The highest BCUT2D eigenvalue weighted by molar-refractivity contribution is 7.90. The molecule has 0 radical (unpaired) electrons. The normalized spacial score (nSPS) is 12.7. The van der Waals surface area contributed by atoms with Crippen LogP contribution in [0.15, 0.2) is 36.4 Å². The smallest absolute Gasteiger partial charge is 0.337 e. The second-order valence-electron chi connectivity index (χ2n) is 6.10. The summed E-state index contributed by atoms with van der Waals surface area (Å²) in [6.45, 7) is 0.306. The molecule has 2 aromatic carbocycles. The predicted octanol–water partition coefficient (Wildman–Crippen LogP) is 2.68. The van der Waals surface area contributed by atoms with Gasteiger partial charge >= 0.3 is 5.97 Å². The molecule has 8 heteroatoms. The van der Waals surface area contributed by atoms with Crippen LogP contribution in [0.25, 0.3) is 11.1 Å². The Hall–Kier alpha value is -2.74. The van der Waals surface area contributed by atoms with Crippen LogP contribution in [0.5, 0.6) is 17.2 Å². The van der Waals surface area contributed by atoms with Crippen molar-refractivity contribution in [2.75, 3.05) is 32.5 Å². The van der Waals surface area contributed by atoms with Crippen molar-refractivity contribution in [2.45, 2.75) is 6.42 Å². The van der Waals surface area contributed by atoms with Gasteiger partial charge in [-0.1, -0.05) is 0 Å². The molecule has 0 aliphatic carbocycles. The topological polar surface area (TPSA) is 88.1 Å². The van der Waals surface area contributed by atoms with E-state index in [2.05, 4.69) is 0 Å². The van der Waals surface area contributed by atoms with Crippen molar-refractivity contribution in [3.8, 4) is 28.4 Å². The van der Waals surface area contributed by atoms with Crippen LogP contribution < -0.4 is 14.2 Å². The SMILES string of the molecule is COC(=O)c1ccc2c(c1)-c1ccc(OCCCS(C)(=O)=O)cc1OCO2. The maximum absolute atomic E-state index is 11.8. The first-order chi connectivity index (χ1) is 12.9. The lowest BCUT2D eigenvalue weighted by atomic mass is 10.0. The molecule has 0 saturated carbocycles. The van der Waals surface area contributed by atoms with E-state index in [0.29, 0.717) is 34.8 Å². The zero-order valence-electron chi connectivity index (χ0n) is 15.1. The lowest BCUT2D eigenvalue weighted by molar-refractivity contribution is 0.0600. The Morgan fingerprint density at radius 1 is 1.07 bits per heavy atom. The first kappa shape index (κ1) is 19.0. The molecule has 0 fully saturated rings. The maximum atomic E-state index is 11.8. The fraction of sp³-hybridized carbons (Fsp3) is 0.316. The molecule has 0 aromatic heterocycles. The quantitative estimate of drug-likeness (QED) is 0.552. The summed E-state index contributed by atoms with van der Waals surface area (Å²) in [5, 5.41) is 0. The molecular formula is C19H20O7S. The number of ether oxygens (including phenoxy) is 4. The Bertz CT molecular complexity index is 951. The first-order valence-corrected chi connectivity index (χ1v) is 10.4. The van der Waals surface area contributed by atoms with Gasteiger partial charge in [-0.15, -0.1) is 0 Å². The van der Waals surface area contributed by atoms with Crippen molar-refractivity contribution >= 4 is 15.8 Å². The van der Waals surface area contributed by atoms with Gasteiger partial charge in [-0.2, -0.15) is 0 Å². The number of carbonyl (C=O) groups is 1. The average Bonchev–Trinajstić information content (AvgIpc) is 2.82. The van der Waals surface area contributed by atoms with Crippen LogP contribution in [-0.4, -0.2) is 46.9 Å². The minimum Gasteiger partial charge on any atom is -0.493 e. The number of esters is 1. The Morgan fingerprint density at radius 2 is 1.85 bits per heavy atom. The van der Waals surface area contributed by atoms with Crippen molar-refractivity contribution in [3.05, 3.63) is 42.0 Å². The molecule has 1 aliphatic heterocycles. The Balaban J connectivity index is 1.83. The number of methoxy groups -OCH3 is 1. The second kappa shape index (κ2) is 7.87. The van der Waals surface area contributed by atoms with E-state index in [1.807, 2.05) is 6.07 Å². The number of sulfone groups is 1. The van der Waals surface area contributed by atoms with E-state index in [-0.39, 0.29) is 19.2 Å². The Labute approximate surface area is 157 Å². The maximum Gasteiger partial charge on any atom is 0.337 e. The van der Waals surface area contributed by atoms with E-state index in [4.69, 9.17) is 18.9 Å². The molecular weight excluding hydrogens is 372 g/mol. The minimum absolute atomic E-state index is 0.0229. The average molecular weight is 392 g/mol. The van der Waals surface area contributed by atoms with Crippen LogP contribution in [0.3, 0.4) is 0 Å². The molecule has 0 saturated heterocycles. The van der Waals surface area contributed by atoms with Gasteiger partial charge in [0.25, 0.3) is 0 Å². The summed E-state index contributed by atoms with van der Waals surface area (Å²) in [6, 6.07) is 10.3. The molecule has 7 nitrogen and oxygen atoms in total. The largest absolute Gasteiger partial charge is 0.493 e. The van der Waals surface area contributed by atoms with Crippen molar-refractivity contribution in [2.24, 2.45) is 0 Å². The second-order valence-corrected chi connectivity index (χ2v) is 8.36.